The van der Waals surface area contributed by atoms with Gasteiger partial charge < -0.3 is 0 Å². The number of carbonyl (C=O) groups is 1. The van der Waals surface area contributed by atoms with Crippen molar-refractivity contribution in [1.29, 1.82) is 0 Å². The van der Waals surface area contributed by atoms with Gasteiger partial charge in [-0.1, -0.05) is 48.5 Å². The molecule has 0 fully saturated rings. The normalized spacial score (nSPS) is 14.5. The van der Waals surface area contributed by atoms with E-state index >= 15 is 0 Å². The third-order valence-electron chi connectivity index (χ3n) is 5.14. The molecule has 166 valence electrons. The topological polar surface area (TPSA) is 120 Å². The van der Waals surface area contributed by atoms with Crippen molar-refractivity contribution in [2.45, 2.75) is 11.8 Å². The predicted molar refractivity (Wildman–Crippen MR) is 126 cm³/mol. The van der Waals surface area contributed by atoms with Crippen molar-refractivity contribution in [3.63, 3.8) is 0 Å². The van der Waals surface area contributed by atoms with Gasteiger partial charge in [0.05, 0.1) is 16.3 Å². The fraction of sp³-hybridized carbons (Fsp3) is 0.0909. The lowest BCUT2D eigenvalue weighted by Crippen LogP contribution is -2.41. The summed E-state index contributed by atoms with van der Waals surface area (Å²) in [6.45, 7) is 1.26. The van der Waals surface area contributed by atoms with Gasteiger partial charge in [-0.3, -0.25) is 14.2 Å². The van der Waals surface area contributed by atoms with Gasteiger partial charge in [0.15, 0.2) is 0 Å². The number of carbonyl (C=O) groups excluding carboxylic acids is 1. The minimum Gasteiger partial charge on any atom is -0.275 e. The van der Waals surface area contributed by atoms with Crippen molar-refractivity contribution in [2.75, 3.05) is 10.8 Å². The molecule has 4 aromatic rings. The highest BCUT2D eigenvalue weighted by Crippen LogP contribution is 2.46. The van der Waals surface area contributed by atoms with Crippen LogP contribution >= 0.6 is 11.3 Å². The number of hydrogen-bond acceptors (Lipinski definition) is 7. The standard InChI is InChI=1S/C22H18N6O3S2/c1-14(22-23-11-12-32-22)24-25-18(29)13-28-21-19(15-7-3-2-4-8-15)26-27-20(21)16-9-5-6-10-17(16)33(28,30)31/h2-12H,13H2,1H3,(H,25,29)(H,26,27)/b24-14+. The Balaban J connectivity index is 1.56. The molecule has 0 radical (unpaired) electrons. The number of hydrogen-bond donors (Lipinski definition) is 2. The zero-order chi connectivity index (χ0) is 23.0. The molecule has 0 unspecified atom stereocenters. The van der Waals surface area contributed by atoms with Crippen LogP contribution in [-0.2, 0) is 14.8 Å². The number of nitrogens with zero attached hydrogens (tertiary/aromatic N) is 4. The van der Waals surface area contributed by atoms with Crippen LogP contribution in [0.1, 0.15) is 11.9 Å². The van der Waals surface area contributed by atoms with Crippen molar-refractivity contribution >= 4 is 38.7 Å². The number of aromatic nitrogens is 3. The third kappa shape index (κ3) is 3.70. The maximum atomic E-state index is 13.6. The Kier molecular flexibility index (Phi) is 5.27. The summed E-state index contributed by atoms with van der Waals surface area (Å²) in [5, 5.41) is 13.9. The number of hydrazone groups is 1. The van der Waals surface area contributed by atoms with Crippen LogP contribution in [0.3, 0.4) is 0 Å². The molecular formula is C22H18N6O3S2. The lowest BCUT2D eigenvalue weighted by Gasteiger charge is -2.29. The number of benzene rings is 2. The van der Waals surface area contributed by atoms with Crippen LogP contribution in [0.4, 0.5) is 5.69 Å². The van der Waals surface area contributed by atoms with Crippen LogP contribution in [0.2, 0.25) is 0 Å². The Hall–Kier alpha value is -3.83. The number of aromatic amines is 1. The second-order valence-corrected chi connectivity index (χ2v) is 9.96. The first-order valence-corrected chi connectivity index (χ1v) is 12.3. The van der Waals surface area contributed by atoms with Gasteiger partial charge in [0, 0.05) is 22.7 Å². The molecule has 0 saturated carbocycles. The molecule has 1 aliphatic heterocycles. The first kappa shape index (κ1) is 21.0. The number of thiazole rings is 1. The van der Waals surface area contributed by atoms with Gasteiger partial charge >= 0.3 is 0 Å². The molecule has 1 aliphatic rings. The number of fused-ring (bicyclic) bond motifs is 3. The molecule has 0 atom stereocenters. The predicted octanol–water partition coefficient (Wildman–Crippen LogP) is 3.25. The summed E-state index contributed by atoms with van der Waals surface area (Å²) in [5.74, 6) is -0.583. The Morgan fingerprint density at radius 2 is 1.91 bits per heavy atom. The Bertz CT molecular complexity index is 1450. The van der Waals surface area contributed by atoms with Crippen LogP contribution in [-0.4, -0.2) is 41.8 Å². The maximum absolute atomic E-state index is 13.6. The lowest BCUT2D eigenvalue weighted by molar-refractivity contribution is -0.119. The smallest absolute Gasteiger partial charge is 0.265 e. The van der Waals surface area contributed by atoms with Crippen molar-refractivity contribution < 1.29 is 13.2 Å². The zero-order valence-electron chi connectivity index (χ0n) is 17.4. The molecule has 1 amide bonds. The van der Waals surface area contributed by atoms with E-state index in [1.165, 1.54) is 17.4 Å². The monoisotopic (exact) mass is 478 g/mol. The molecule has 3 heterocycles. The fourth-order valence-corrected chi connectivity index (χ4v) is 5.86. The minimum absolute atomic E-state index is 0.107. The highest BCUT2D eigenvalue weighted by Gasteiger charge is 2.39. The quantitative estimate of drug-likeness (QED) is 0.337. The number of sulfonamides is 1. The van der Waals surface area contributed by atoms with Crippen LogP contribution in [0.25, 0.3) is 22.5 Å². The number of H-pyrrole nitrogens is 1. The third-order valence-corrected chi connectivity index (χ3v) is 7.82. The first-order chi connectivity index (χ1) is 16.0. The van der Waals surface area contributed by atoms with Gasteiger partial charge in [-0.05, 0) is 13.0 Å². The van der Waals surface area contributed by atoms with E-state index in [-0.39, 0.29) is 4.90 Å². The van der Waals surface area contributed by atoms with Crippen molar-refractivity contribution in [3.05, 3.63) is 71.2 Å². The highest BCUT2D eigenvalue weighted by atomic mass is 32.2. The SMILES string of the molecule is C/C(=N\NC(=O)CN1c2c(-c3ccccc3)n[nH]c2-c2ccccc2S1(=O)=O)c1nccs1. The Morgan fingerprint density at radius 1 is 1.15 bits per heavy atom. The summed E-state index contributed by atoms with van der Waals surface area (Å²) in [7, 11) is -4.02. The van der Waals surface area contributed by atoms with Gasteiger partial charge in [0.25, 0.3) is 15.9 Å². The summed E-state index contributed by atoms with van der Waals surface area (Å²) in [6, 6.07) is 15.9. The lowest BCUT2D eigenvalue weighted by atomic mass is 10.1. The van der Waals surface area contributed by atoms with E-state index < -0.39 is 22.5 Å². The zero-order valence-corrected chi connectivity index (χ0v) is 19.0. The van der Waals surface area contributed by atoms with Crippen LogP contribution in [0.5, 0.6) is 0 Å². The van der Waals surface area contributed by atoms with E-state index in [1.807, 2.05) is 30.3 Å². The maximum Gasteiger partial charge on any atom is 0.265 e. The van der Waals surface area contributed by atoms with Crippen molar-refractivity contribution in [1.82, 2.24) is 20.6 Å². The highest BCUT2D eigenvalue weighted by molar-refractivity contribution is 7.93. The molecule has 0 saturated heterocycles. The summed E-state index contributed by atoms with van der Waals surface area (Å²) >= 11 is 1.39. The van der Waals surface area contributed by atoms with Crippen LogP contribution < -0.4 is 9.73 Å². The fourth-order valence-electron chi connectivity index (χ4n) is 3.63. The van der Waals surface area contributed by atoms with Gasteiger partial charge in [0.1, 0.15) is 22.9 Å². The molecule has 0 aliphatic carbocycles. The van der Waals surface area contributed by atoms with E-state index in [1.54, 1.807) is 36.7 Å². The largest absolute Gasteiger partial charge is 0.275 e. The minimum atomic E-state index is -4.02. The van der Waals surface area contributed by atoms with Gasteiger partial charge in [0.2, 0.25) is 0 Å². The average Bonchev–Trinajstić information content (AvgIpc) is 3.51. The van der Waals surface area contributed by atoms with E-state index in [0.717, 1.165) is 9.87 Å². The first-order valence-electron chi connectivity index (χ1n) is 9.95. The van der Waals surface area contributed by atoms with Gasteiger partial charge in [-0.25, -0.2) is 18.8 Å². The van der Waals surface area contributed by atoms with E-state index in [2.05, 4.69) is 25.7 Å². The molecule has 2 aromatic heterocycles. The van der Waals surface area contributed by atoms with Crippen LogP contribution in [0, 0.1) is 0 Å². The van der Waals surface area contributed by atoms with E-state index in [0.29, 0.717) is 33.4 Å². The number of anilines is 1. The molecule has 33 heavy (non-hydrogen) atoms. The number of rotatable bonds is 5. The van der Waals surface area contributed by atoms with Crippen molar-refractivity contribution in [3.8, 4) is 22.5 Å². The summed E-state index contributed by atoms with van der Waals surface area (Å²) < 4.78 is 28.2. The molecule has 11 heteroatoms. The number of amides is 1. The molecule has 0 bridgehead atoms. The summed E-state index contributed by atoms with van der Waals surface area (Å²) in [5.41, 5.74) is 5.52. The summed E-state index contributed by atoms with van der Waals surface area (Å²) in [4.78, 5) is 17.0. The second-order valence-electron chi connectivity index (χ2n) is 7.24. The van der Waals surface area contributed by atoms with Gasteiger partial charge in [-0.2, -0.15) is 10.2 Å². The Labute approximate surface area is 193 Å². The Morgan fingerprint density at radius 3 is 2.67 bits per heavy atom. The van der Waals surface area contributed by atoms with Crippen molar-refractivity contribution in [2.24, 2.45) is 5.10 Å². The molecular weight excluding hydrogens is 460 g/mol. The molecule has 5 rings (SSSR count). The van der Waals surface area contributed by atoms with E-state index in [9.17, 15) is 13.2 Å². The molecule has 2 aromatic carbocycles. The van der Waals surface area contributed by atoms with Gasteiger partial charge in [-0.15, -0.1) is 11.3 Å². The molecule has 9 nitrogen and oxygen atoms in total. The molecule has 0 spiro atoms. The molecule has 2 N–H and O–H groups in total. The summed E-state index contributed by atoms with van der Waals surface area (Å²) in [6.07, 6.45) is 1.64. The number of nitrogens with one attached hydrogen (secondary N) is 2. The second kappa shape index (κ2) is 8.26. The van der Waals surface area contributed by atoms with Crippen LogP contribution in [0.15, 0.2) is 76.2 Å². The average molecular weight is 479 g/mol. The van der Waals surface area contributed by atoms with E-state index in [4.69, 9.17) is 0 Å².